The fourth-order valence-electron chi connectivity index (χ4n) is 3.80. The minimum Gasteiger partial charge on any atom is -0.345 e. The maximum Gasteiger partial charge on any atom is 0.115 e. The Morgan fingerprint density at radius 3 is 2.13 bits per heavy atom. The van der Waals surface area contributed by atoms with Gasteiger partial charge in [-0.15, -0.1) is 0 Å². The summed E-state index contributed by atoms with van der Waals surface area (Å²) in [5.74, 6) is 0.834. The molecule has 3 heteroatoms. The summed E-state index contributed by atoms with van der Waals surface area (Å²) in [6.45, 7) is 2.36. The van der Waals surface area contributed by atoms with Crippen LogP contribution >= 0.6 is 0 Å². The predicted molar refractivity (Wildman–Crippen MR) is 98.9 cm³/mol. The molecule has 0 radical (unpaired) electrons. The summed E-state index contributed by atoms with van der Waals surface area (Å²) < 4.78 is 0. The molecular weight excluding hydrogens is 279 g/mol. The average molecular weight is 302 g/mol. The summed E-state index contributed by atoms with van der Waals surface area (Å²) in [7, 11) is 4.46. The lowest BCUT2D eigenvalue weighted by atomic mass is 9.62. The molecule has 0 bridgehead atoms. The maximum absolute atomic E-state index is 8.90. The molecule has 1 fully saturated rings. The van der Waals surface area contributed by atoms with Crippen LogP contribution in [-0.4, -0.2) is 14.9 Å². The first-order chi connectivity index (χ1) is 11.0. The summed E-state index contributed by atoms with van der Waals surface area (Å²) >= 11 is 0. The van der Waals surface area contributed by atoms with Gasteiger partial charge in [-0.05, 0) is 59.6 Å². The Morgan fingerprint density at radius 1 is 1.09 bits per heavy atom. The zero-order valence-electron chi connectivity index (χ0n) is 14.2. The molecule has 3 rings (SSSR count). The van der Waals surface area contributed by atoms with Gasteiger partial charge in [0.05, 0.1) is 11.6 Å². The molecule has 0 spiro atoms. The van der Waals surface area contributed by atoms with Gasteiger partial charge in [-0.25, -0.2) is 0 Å². The van der Waals surface area contributed by atoms with Crippen molar-refractivity contribution in [2.45, 2.75) is 31.5 Å². The van der Waals surface area contributed by atoms with Crippen molar-refractivity contribution in [3.8, 4) is 6.07 Å². The molecule has 2 nitrogen and oxygen atoms in total. The highest BCUT2D eigenvalue weighted by Crippen LogP contribution is 2.42. The van der Waals surface area contributed by atoms with Crippen LogP contribution in [0.4, 0.5) is 11.4 Å². The summed E-state index contributed by atoms with van der Waals surface area (Å²) in [4.78, 5) is 2.16. The van der Waals surface area contributed by atoms with E-state index in [-0.39, 0.29) is 0 Å². The van der Waals surface area contributed by atoms with Crippen molar-refractivity contribution in [3.05, 3.63) is 59.7 Å². The fourth-order valence-corrected chi connectivity index (χ4v) is 3.80. The topological polar surface area (TPSA) is 27.0 Å². The third-order valence-corrected chi connectivity index (χ3v) is 5.32. The number of anilines is 2. The lowest BCUT2D eigenvalue weighted by Crippen LogP contribution is -2.22. The van der Waals surface area contributed by atoms with Crippen molar-refractivity contribution in [3.63, 3.8) is 0 Å². The molecule has 2 unspecified atom stereocenters. The molecule has 1 aliphatic carbocycles. The molecule has 2 aromatic carbocycles. The van der Waals surface area contributed by atoms with Gasteiger partial charge in [0.2, 0.25) is 0 Å². The van der Waals surface area contributed by atoms with Crippen molar-refractivity contribution < 1.29 is 0 Å². The third kappa shape index (κ3) is 3.12. The van der Waals surface area contributed by atoms with E-state index in [0.29, 0.717) is 10.9 Å². The van der Waals surface area contributed by atoms with Gasteiger partial charge in [-0.2, -0.15) is 5.26 Å². The zero-order chi connectivity index (χ0) is 16.4. The maximum atomic E-state index is 8.90. The summed E-state index contributed by atoms with van der Waals surface area (Å²) in [5.41, 5.74) is 4.42. The molecule has 1 saturated carbocycles. The molecule has 0 N–H and O–H groups in total. The molecule has 23 heavy (non-hydrogen) atoms. The van der Waals surface area contributed by atoms with Crippen LogP contribution in [0.15, 0.2) is 48.5 Å². The average Bonchev–Trinajstić information content (AvgIpc) is 2.95. The van der Waals surface area contributed by atoms with Crippen LogP contribution in [0, 0.1) is 17.2 Å². The lowest BCUT2D eigenvalue weighted by Gasteiger charge is -2.26. The van der Waals surface area contributed by atoms with Crippen LogP contribution in [0.1, 0.15) is 37.3 Å². The van der Waals surface area contributed by atoms with Crippen LogP contribution in [0.3, 0.4) is 0 Å². The summed E-state index contributed by atoms with van der Waals surface area (Å²) in [5, 5.41) is 9.24. The van der Waals surface area contributed by atoms with Gasteiger partial charge in [0.1, 0.15) is 7.85 Å². The van der Waals surface area contributed by atoms with Gasteiger partial charge in [0.25, 0.3) is 0 Å². The minimum atomic E-state index is 0.338. The second-order valence-electron chi connectivity index (χ2n) is 7.17. The third-order valence-electron chi connectivity index (χ3n) is 5.32. The van der Waals surface area contributed by atoms with Crippen molar-refractivity contribution in [1.29, 1.82) is 5.26 Å². The van der Waals surface area contributed by atoms with E-state index in [2.05, 4.69) is 57.1 Å². The molecule has 0 aliphatic heterocycles. The molecule has 2 aromatic rings. The first-order valence-corrected chi connectivity index (χ1v) is 8.36. The van der Waals surface area contributed by atoms with Crippen molar-refractivity contribution >= 4 is 19.2 Å². The van der Waals surface area contributed by atoms with Crippen LogP contribution in [0.5, 0.6) is 0 Å². The van der Waals surface area contributed by atoms with E-state index in [9.17, 15) is 0 Å². The Bertz CT molecular complexity index is 715. The van der Waals surface area contributed by atoms with E-state index in [1.165, 1.54) is 30.5 Å². The second kappa shape index (κ2) is 6.12. The molecule has 0 amide bonds. The normalized spacial score (nSPS) is 23.4. The van der Waals surface area contributed by atoms with Crippen molar-refractivity contribution in [2.75, 3.05) is 11.9 Å². The number of benzene rings is 2. The highest BCUT2D eigenvalue weighted by Gasteiger charge is 2.34. The van der Waals surface area contributed by atoms with Gasteiger partial charge in [-0.1, -0.05) is 31.9 Å². The van der Waals surface area contributed by atoms with Crippen LogP contribution < -0.4 is 4.90 Å². The minimum absolute atomic E-state index is 0.338. The Balaban J connectivity index is 1.80. The molecule has 0 aromatic heterocycles. The Morgan fingerprint density at radius 2 is 1.65 bits per heavy atom. The van der Waals surface area contributed by atoms with E-state index < -0.39 is 0 Å². The van der Waals surface area contributed by atoms with Gasteiger partial charge >= 0.3 is 0 Å². The molecule has 0 heterocycles. The van der Waals surface area contributed by atoms with Crippen LogP contribution in [-0.2, 0) is 5.31 Å². The van der Waals surface area contributed by atoms with Gasteiger partial charge in [0.15, 0.2) is 0 Å². The Labute approximate surface area is 140 Å². The number of hydrogen-bond donors (Lipinski definition) is 0. The van der Waals surface area contributed by atoms with E-state index >= 15 is 0 Å². The first-order valence-electron chi connectivity index (χ1n) is 8.36. The largest absolute Gasteiger partial charge is 0.345 e. The number of hydrogen-bond acceptors (Lipinski definition) is 2. The van der Waals surface area contributed by atoms with E-state index in [4.69, 9.17) is 5.26 Å². The lowest BCUT2D eigenvalue weighted by molar-refractivity contribution is 0.568. The zero-order valence-corrected chi connectivity index (χ0v) is 14.2. The number of nitrogens with zero attached hydrogens (tertiary/aromatic N) is 2. The predicted octanol–water partition coefficient (Wildman–Crippen LogP) is 3.97. The van der Waals surface area contributed by atoms with Crippen LogP contribution in [0.2, 0.25) is 0 Å². The number of rotatable bonds is 3. The molecular formula is C20H23BN2. The highest BCUT2D eigenvalue weighted by atomic mass is 15.1. The molecule has 1 aliphatic rings. The van der Waals surface area contributed by atoms with Gasteiger partial charge < -0.3 is 4.90 Å². The van der Waals surface area contributed by atoms with E-state index in [1.54, 1.807) is 0 Å². The Kier molecular flexibility index (Phi) is 4.17. The molecule has 116 valence electrons. The van der Waals surface area contributed by atoms with E-state index in [0.717, 1.165) is 11.6 Å². The standard InChI is InChI=1S/C20H23BN2/c1-15-11-12-20(21,13-15)17-5-9-19(10-6-17)23(2)18-7-3-16(14-22)4-8-18/h3-10,15H,11-13,21H2,1-2H3. The smallest absolute Gasteiger partial charge is 0.115 e. The van der Waals surface area contributed by atoms with Crippen molar-refractivity contribution in [1.82, 2.24) is 0 Å². The van der Waals surface area contributed by atoms with Gasteiger partial charge in [0, 0.05) is 18.4 Å². The van der Waals surface area contributed by atoms with Crippen LogP contribution in [0.25, 0.3) is 0 Å². The molecule has 0 saturated heterocycles. The molecule has 2 atom stereocenters. The highest BCUT2D eigenvalue weighted by molar-refractivity contribution is 6.16. The monoisotopic (exact) mass is 302 g/mol. The SMILES string of the molecule is BC1(c2ccc(N(C)c3ccc(C#N)cc3)cc2)CCC(C)C1. The van der Waals surface area contributed by atoms with Gasteiger partial charge in [-0.3, -0.25) is 0 Å². The summed E-state index contributed by atoms with van der Waals surface area (Å²) in [6.07, 6.45) is 3.92. The first kappa shape index (κ1) is 15.7. The fraction of sp³-hybridized carbons (Fsp3) is 0.350. The number of nitriles is 1. The quantitative estimate of drug-likeness (QED) is 0.802. The van der Waals surface area contributed by atoms with Crippen molar-refractivity contribution in [2.24, 2.45) is 5.92 Å². The Hall–Kier alpha value is -2.21. The summed E-state index contributed by atoms with van der Waals surface area (Å²) in [6, 6.07) is 18.9. The second-order valence-corrected chi connectivity index (χ2v) is 7.17. The van der Waals surface area contributed by atoms with E-state index in [1.807, 2.05) is 24.3 Å².